The number of nitrogens with zero attached hydrogens (tertiary/aromatic N) is 1. The van der Waals surface area contributed by atoms with Gasteiger partial charge in [0.1, 0.15) is 16.5 Å². The maximum atomic E-state index is 12.8. The first-order valence-electron chi connectivity index (χ1n) is 4.91. The Labute approximate surface area is 106 Å². The molecule has 0 unspecified atom stereocenters. The molecular weight excluding hydrogens is 261 g/mol. The number of rotatable bonds is 2. The van der Waals surface area contributed by atoms with E-state index in [0.717, 1.165) is 22.8 Å². The number of carboxylic acids is 1. The number of carbonyl (C=O) groups is 1. The van der Waals surface area contributed by atoms with Gasteiger partial charge in [-0.05, 0) is 36.4 Å². The van der Waals surface area contributed by atoms with Crippen molar-refractivity contribution in [1.29, 1.82) is 0 Å². The molecule has 1 heterocycles. The average molecular weight is 268 g/mol. The summed E-state index contributed by atoms with van der Waals surface area (Å²) in [4.78, 5) is 22.8. The summed E-state index contributed by atoms with van der Waals surface area (Å²) < 4.78 is 13.8. The Hall–Kier alpha value is -2.14. The molecule has 0 atom stereocenters. The summed E-state index contributed by atoms with van der Waals surface area (Å²) in [6, 6.07) is 7.43. The second-order valence-corrected chi connectivity index (χ2v) is 3.88. The average Bonchev–Trinajstić information content (AvgIpc) is 2.31. The molecule has 0 spiro atoms. The fourth-order valence-electron chi connectivity index (χ4n) is 1.51. The maximum Gasteiger partial charge on any atom is 0.341 e. The third kappa shape index (κ3) is 2.12. The highest BCUT2D eigenvalue weighted by Crippen LogP contribution is 2.14. The Morgan fingerprint density at radius 1 is 1.17 bits per heavy atom. The van der Waals surface area contributed by atoms with Crippen molar-refractivity contribution >= 4 is 17.6 Å². The van der Waals surface area contributed by atoms with E-state index in [4.69, 9.17) is 16.7 Å². The third-order valence-electron chi connectivity index (χ3n) is 2.35. The van der Waals surface area contributed by atoms with Gasteiger partial charge in [0.25, 0.3) is 5.56 Å². The lowest BCUT2D eigenvalue weighted by Gasteiger charge is -2.09. The Bertz CT molecular complexity index is 664. The summed E-state index contributed by atoms with van der Waals surface area (Å²) in [6.45, 7) is 0. The van der Waals surface area contributed by atoms with E-state index in [1.54, 1.807) is 0 Å². The van der Waals surface area contributed by atoms with Gasteiger partial charge in [0.05, 0.1) is 5.69 Å². The van der Waals surface area contributed by atoms with Crippen LogP contribution in [-0.4, -0.2) is 15.6 Å². The molecule has 1 N–H and O–H groups in total. The molecule has 0 saturated carbocycles. The van der Waals surface area contributed by atoms with Gasteiger partial charge in [0.15, 0.2) is 0 Å². The van der Waals surface area contributed by atoms with Crippen LogP contribution in [0.1, 0.15) is 10.4 Å². The van der Waals surface area contributed by atoms with Crippen molar-refractivity contribution in [2.45, 2.75) is 0 Å². The van der Waals surface area contributed by atoms with Crippen molar-refractivity contribution in [1.82, 2.24) is 4.57 Å². The molecule has 0 saturated heterocycles. The van der Waals surface area contributed by atoms with Crippen LogP contribution in [0.4, 0.5) is 4.39 Å². The zero-order valence-corrected chi connectivity index (χ0v) is 9.69. The second-order valence-electron chi connectivity index (χ2n) is 3.49. The molecule has 92 valence electrons. The van der Waals surface area contributed by atoms with Crippen LogP contribution in [0.25, 0.3) is 5.69 Å². The Kier molecular flexibility index (Phi) is 3.16. The van der Waals surface area contributed by atoms with E-state index in [9.17, 15) is 14.0 Å². The first-order chi connectivity index (χ1) is 8.50. The number of halogens is 2. The smallest absolute Gasteiger partial charge is 0.341 e. The molecule has 0 aliphatic rings. The third-order valence-corrected chi connectivity index (χ3v) is 2.64. The molecule has 1 aromatic heterocycles. The SMILES string of the molecule is O=C(O)c1ccc(Cl)n(-c2ccc(F)cc2)c1=O. The largest absolute Gasteiger partial charge is 0.477 e. The van der Waals surface area contributed by atoms with Crippen LogP contribution in [0.5, 0.6) is 0 Å². The van der Waals surface area contributed by atoms with Gasteiger partial charge in [-0.3, -0.25) is 9.36 Å². The van der Waals surface area contributed by atoms with Crippen molar-refractivity contribution in [2.24, 2.45) is 0 Å². The van der Waals surface area contributed by atoms with E-state index in [-0.39, 0.29) is 5.15 Å². The molecule has 0 amide bonds. The summed E-state index contributed by atoms with van der Waals surface area (Å²) in [5.41, 5.74) is -0.861. The fourth-order valence-corrected chi connectivity index (χ4v) is 1.75. The molecular formula is C12H7ClFNO3. The first-order valence-corrected chi connectivity index (χ1v) is 5.29. The van der Waals surface area contributed by atoms with Gasteiger partial charge in [-0.2, -0.15) is 0 Å². The Morgan fingerprint density at radius 2 is 1.78 bits per heavy atom. The van der Waals surface area contributed by atoms with Crippen LogP contribution in [0.3, 0.4) is 0 Å². The molecule has 0 aliphatic carbocycles. The van der Waals surface area contributed by atoms with E-state index in [0.29, 0.717) is 5.69 Å². The number of hydrogen-bond donors (Lipinski definition) is 1. The van der Waals surface area contributed by atoms with Gasteiger partial charge in [-0.25, -0.2) is 9.18 Å². The van der Waals surface area contributed by atoms with Crippen molar-refractivity contribution in [2.75, 3.05) is 0 Å². The predicted molar refractivity (Wildman–Crippen MR) is 64.0 cm³/mol. The van der Waals surface area contributed by atoms with E-state index in [1.165, 1.54) is 18.2 Å². The lowest BCUT2D eigenvalue weighted by Crippen LogP contribution is -2.25. The summed E-state index contributed by atoms with van der Waals surface area (Å²) in [5.74, 6) is -1.80. The van der Waals surface area contributed by atoms with Gasteiger partial charge in [-0.1, -0.05) is 11.6 Å². The highest BCUT2D eigenvalue weighted by molar-refractivity contribution is 6.29. The van der Waals surface area contributed by atoms with Crippen molar-refractivity contribution in [3.05, 3.63) is 63.3 Å². The number of pyridine rings is 1. The van der Waals surface area contributed by atoms with Crippen molar-refractivity contribution < 1.29 is 14.3 Å². The van der Waals surface area contributed by atoms with Crippen molar-refractivity contribution in [3.63, 3.8) is 0 Å². The molecule has 18 heavy (non-hydrogen) atoms. The van der Waals surface area contributed by atoms with Crippen LogP contribution in [0.15, 0.2) is 41.2 Å². The highest BCUT2D eigenvalue weighted by Gasteiger charge is 2.14. The lowest BCUT2D eigenvalue weighted by atomic mass is 10.2. The topological polar surface area (TPSA) is 59.3 Å². The van der Waals surface area contributed by atoms with Gasteiger partial charge in [0, 0.05) is 0 Å². The van der Waals surface area contributed by atoms with Crippen LogP contribution < -0.4 is 5.56 Å². The minimum atomic E-state index is -1.34. The zero-order valence-electron chi connectivity index (χ0n) is 8.93. The maximum absolute atomic E-state index is 12.8. The van der Waals surface area contributed by atoms with Crippen LogP contribution in [0.2, 0.25) is 5.15 Å². The fraction of sp³-hybridized carbons (Fsp3) is 0. The number of aromatic nitrogens is 1. The first kappa shape index (κ1) is 12.3. The molecule has 0 bridgehead atoms. The molecule has 0 radical (unpaired) electrons. The predicted octanol–water partition coefficient (Wildman–Crippen LogP) is 2.33. The monoisotopic (exact) mass is 267 g/mol. The summed E-state index contributed by atoms with van der Waals surface area (Å²) in [5, 5.41) is 8.91. The molecule has 1 aromatic carbocycles. The van der Waals surface area contributed by atoms with Crippen LogP contribution >= 0.6 is 11.6 Å². The number of hydrogen-bond acceptors (Lipinski definition) is 2. The zero-order chi connectivity index (χ0) is 13.3. The minimum absolute atomic E-state index is 0.0524. The molecule has 4 nitrogen and oxygen atoms in total. The summed E-state index contributed by atoms with van der Waals surface area (Å²) in [7, 11) is 0. The Balaban J connectivity index is 2.71. The van der Waals surface area contributed by atoms with Crippen LogP contribution in [-0.2, 0) is 0 Å². The van der Waals surface area contributed by atoms with Gasteiger partial charge >= 0.3 is 5.97 Å². The Morgan fingerprint density at radius 3 is 2.33 bits per heavy atom. The van der Waals surface area contributed by atoms with E-state index in [1.807, 2.05) is 0 Å². The minimum Gasteiger partial charge on any atom is -0.477 e. The second kappa shape index (κ2) is 4.62. The molecule has 2 rings (SSSR count). The lowest BCUT2D eigenvalue weighted by molar-refractivity contribution is 0.0694. The van der Waals surface area contributed by atoms with Gasteiger partial charge in [0.2, 0.25) is 0 Å². The molecule has 2 aromatic rings. The summed E-state index contributed by atoms with van der Waals surface area (Å²) in [6.07, 6.45) is 0. The van der Waals surface area contributed by atoms with Gasteiger partial charge < -0.3 is 5.11 Å². The van der Waals surface area contributed by atoms with Gasteiger partial charge in [-0.15, -0.1) is 0 Å². The molecule has 6 heteroatoms. The van der Waals surface area contributed by atoms with E-state index < -0.39 is 22.9 Å². The standard InChI is InChI=1S/C12H7ClFNO3/c13-10-6-5-9(12(17)18)11(16)15(10)8-3-1-7(14)2-4-8/h1-6H,(H,17,18). The summed E-state index contributed by atoms with van der Waals surface area (Å²) >= 11 is 5.86. The van der Waals surface area contributed by atoms with E-state index in [2.05, 4.69) is 0 Å². The normalized spacial score (nSPS) is 10.3. The molecule has 0 fully saturated rings. The number of aromatic carboxylic acids is 1. The number of carboxylic acid groups (broad SMARTS) is 1. The highest BCUT2D eigenvalue weighted by atomic mass is 35.5. The quantitative estimate of drug-likeness (QED) is 0.850. The number of benzene rings is 1. The molecule has 0 aliphatic heterocycles. The van der Waals surface area contributed by atoms with Crippen LogP contribution in [0, 0.1) is 5.82 Å². The van der Waals surface area contributed by atoms with Crippen molar-refractivity contribution in [3.8, 4) is 5.69 Å². The van der Waals surface area contributed by atoms with E-state index >= 15 is 0 Å².